The quantitative estimate of drug-likeness (QED) is 0.122. The van der Waals surface area contributed by atoms with Gasteiger partial charge in [-0.2, -0.15) is 0 Å². The van der Waals surface area contributed by atoms with Crippen LogP contribution in [0.2, 0.25) is 0 Å². The van der Waals surface area contributed by atoms with Crippen LogP contribution in [0.3, 0.4) is 0 Å². The zero-order valence-electron chi connectivity index (χ0n) is 18.8. The normalized spacial score (nSPS) is 18.1. The molecule has 1 aliphatic rings. The largest absolute Gasteiger partial charge is 0.408 e. The van der Waals surface area contributed by atoms with Gasteiger partial charge in [-0.05, 0) is 38.3 Å². The van der Waals surface area contributed by atoms with Crippen LogP contribution in [0, 0.1) is 6.92 Å². The molecule has 1 heterocycles. The first-order valence-corrected chi connectivity index (χ1v) is 10.6. The van der Waals surface area contributed by atoms with Gasteiger partial charge in [-0.15, -0.1) is 24.8 Å². The molecule has 2 atom stereocenters. The van der Waals surface area contributed by atoms with E-state index in [-0.39, 0.29) is 54.6 Å². The Morgan fingerprint density at radius 2 is 1.97 bits per heavy atom. The van der Waals surface area contributed by atoms with E-state index in [9.17, 15) is 4.79 Å². The van der Waals surface area contributed by atoms with Crippen molar-refractivity contribution in [2.45, 2.75) is 51.1 Å². The van der Waals surface area contributed by atoms with Gasteiger partial charge >= 0.3 is 0 Å². The van der Waals surface area contributed by atoms with Crippen LogP contribution in [0.5, 0.6) is 0 Å². The van der Waals surface area contributed by atoms with Crippen molar-refractivity contribution in [3.05, 3.63) is 29.6 Å². The molecule has 2 aromatic rings. The minimum Gasteiger partial charge on any atom is -0.408 e. The number of amides is 1. The van der Waals surface area contributed by atoms with Crippen LogP contribution in [0.1, 0.15) is 48.3 Å². The van der Waals surface area contributed by atoms with Crippen LogP contribution in [0.15, 0.2) is 23.4 Å². The Morgan fingerprint density at radius 1 is 1.24 bits per heavy atom. The zero-order chi connectivity index (χ0) is 22.2. The number of fused-ring (bicyclic) bond motifs is 1. The van der Waals surface area contributed by atoms with Gasteiger partial charge < -0.3 is 31.6 Å². The summed E-state index contributed by atoms with van der Waals surface area (Å²) in [5, 5.41) is 22.2. The number of carbonyl (C=O) groups is 1. The molecule has 1 fully saturated rings. The fourth-order valence-electron chi connectivity index (χ4n) is 3.82. The average Bonchev–Trinajstić information content (AvgIpc) is 2.77. The number of methoxy groups -OCH3 is 1. The third kappa shape index (κ3) is 7.76. The second-order valence-electron chi connectivity index (χ2n) is 7.79. The fraction of sp³-hybridized carbons (Fsp3) is 0.524. The fourth-order valence-corrected chi connectivity index (χ4v) is 3.82. The number of aryl methyl sites for hydroxylation is 1. The molecule has 1 aromatic heterocycles. The number of aromatic nitrogens is 2. The van der Waals surface area contributed by atoms with E-state index in [1.807, 2.05) is 25.1 Å². The standard InChI is InChI=1S/C21H31N7O3.2ClH/c1-13-8-9-15-14(12-13)18(27-19(24-15)20(29)23-10-5-11-31-2)25-16-6-3-4-7-17(16)26-21(22)28-30;;/h8-9,12,16-17,30H,3-7,10-11H2,1-2H3,(H,23,29)(H3,22,26,28)(H,24,25,27);2*1H/t16-,17+;;/m0../s1. The molecule has 0 saturated heterocycles. The molecular weight excluding hydrogens is 469 g/mol. The number of ether oxygens (including phenoxy) is 1. The van der Waals surface area contributed by atoms with Crippen molar-refractivity contribution in [1.82, 2.24) is 20.6 Å². The first-order valence-electron chi connectivity index (χ1n) is 10.6. The zero-order valence-corrected chi connectivity index (χ0v) is 20.5. The molecule has 1 amide bonds. The number of hydrogen-bond acceptors (Lipinski definition) is 7. The lowest BCUT2D eigenvalue weighted by atomic mass is 9.90. The maximum absolute atomic E-state index is 12.6. The van der Waals surface area contributed by atoms with E-state index < -0.39 is 0 Å². The number of guanidine groups is 1. The van der Waals surface area contributed by atoms with Crippen molar-refractivity contribution in [1.29, 1.82) is 0 Å². The molecule has 6 N–H and O–H groups in total. The molecule has 0 radical (unpaired) electrons. The van der Waals surface area contributed by atoms with Crippen LogP contribution >= 0.6 is 24.8 Å². The lowest BCUT2D eigenvalue weighted by Crippen LogP contribution is -2.51. The molecule has 0 aliphatic heterocycles. The van der Waals surface area contributed by atoms with Gasteiger partial charge in [0.1, 0.15) is 5.82 Å². The molecule has 12 heteroatoms. The molecule has 10 nitrogen and oxygen atoms in total. The summed E-state index contributed by atoms with van der Waals surface area (Å²) < 4.78 is 5.02. The number of rotatable bonds is 8. The molecule has 1 aromatic carbocycles. The first-order chi connectivity index (χ1) is 15.0. The Labute approximate surface area is 206 Å². The second-order valence-corrected chi connectivity index (χ2v) is 7.79. The van der Waals surface area contributed by atoms with Gasteiger partial charge in [-0.25, -0.2) is 9.97 Å². The van der Waals surface area contributed by atoms with Crippen LogP contribution in [-0.4, -0.2) is 59.4 Å². The van der Waals surface area contributed by atoms with Crippen molar-refractivity contribution in [3.8, 4) is 0 Å². The Balaban J connectivity index is 0.00000272. The van der Waals surface area contributed by atoms with Gasteiger partial charge in [0.2, 0.25) is 11.8 Å². The predicted octanol–water partition coefficient (Wildman–Crippen LogP) is 2.56. The summed E-state index contributed by atoms with van der Waals surface area (Å²) in [5.41, 5.74) is 7.45. The van der Waals surface area contributed by atoms with Gasteiger partial charge in [-0.1, -0.05) is 29.6 Å². The minimum atomic E-state index is -0.323. The SMILES string of the molecule is COCCCNC(=O)c1nc(N[C@H]2CCCC[C@H]2N/C(N)=N\O)c2cc(C)ccc2n1.Cl.Cl. The number of nitrogens with two attached hydrogens (primary N) is 1. The summed E-state index contributed by atoms with van der Waals surface area (Å²) in [7, 11) is 1.63. The van der Waals surface area contributed by atoms with E-state index in [4.69, 9.17) is 15.7 Å². The Kier molecular flexibility index (Phi) is 12.0. The van der Waals surface area contributed by atoms with Crippen LogP contribution < -0.4 is 21.7 Å². The first kappa shape index (κ1) is 28.5. The summed E-state index contributed by atoms with van der Waals surface area (Å²) >= 11 is 0. The smallest absolute Gasteiger partial charge is 0.289 e. The lowest BCUT2D eigenvalue weighted by molar-refractivity contribution is 0.0938. The summed E-state index contributed by atoms with van der Waals surface area (Å²) in [4.78, 5) is 21.7. The van der Waals surface area contributed by atoms with Gasteiger partial charge in [0.25, 0.3) is 5.91 Å². The number of hydrogen-bond donors (Lipinski definition) is 5. The van der Waals surface area contributed by atoms with E-state index in [2.05, 4.69) is 31.1 Å². The molecule has 1 aliphatic carbocycles. The van der Waals surface area contributed by atoms with E-state index in [0.717, 1.165) is 36.6 Å². The molecular formula is C21H33Cl2N7O3. The number of nitrogens with zero attached hydrogens (tertiary/aromatic N) is 3. The summed E-state index contributed by atoms with van der Waals surface area (Å²) in [6.07, 6.45) is 4.59. The molecule has 184 valence electrons. The van der Waals surface area contributed by atoms with Crippen molar-refractivity contribution >= 4 is 53.4 Å². The van der Waals surface area contributed by atoms with Crippen LogP contribution in [0.4, 0.5) is 5.82 Å². The van der Waals surface area contributed by atoms with E-state index >= 15 is 0 Å². The molecule has 33 heavy (non-hydrogen) atoms. The second kappa shape index (κ2) is 13.9. The lowest BCUT2D eigenvalue weighted by Gasteiger charge is -2.33. The monoisotopic (exact) mass is 501 g/mol. The topological polar surface area (TPSA) is 147 Å². The summed E-state index contributed by atoms with van der Waals surface area (Å²) in [5.74, 6) is 0.386. The number of anilines is 1. The highest BCUT2D eigenvalue weighted by atomic mass is 35.5. The van der Waals surface area contributed by atoms with Gasteiger partial charge in [0, 0.05) is 37.7 Å². The molecule has 1 saturated carbocycles. The van der Waals surface area contributed by atoms with Crippen molar-refractivity contribution in [2.24, 2.45) is 10.9 Å². The third-order valence-electron chi connectivity index (χ3n) is 5.39. The summed E-state index contributed by atoms with van der Waals surface area (Å²) in [6, 6.07) is 5.85. The highest BCUT2D eigenvalue weighted by molar-refractivity contribution is 5.96. The van der Waals surface area contributed by atoms with Gasteiger partial charge in [-0.3, -0.25) is 4.79 Å². The van der Waals surface area contributed by atoms with Crippen molar-refractivity contribution in [3.63, 3.8) is 0 Å². The Hall–Kier alpha value is -2.56. The van der Waals surface area contributed by atoms with E-state index in [1.165, 1.54) is 0 Å². The molecule has 0 bridgehead atoms. The average molecular weight is 502 g/mol. The minimum absolute atomic E-state index is 0. The number of nitrogens with one attached hydrogen (secondary N) is 3. The van der Waals surface area contributed by atoms with Crippen LogP contribution in [0.25, 0.3) is 10.9 Å². The summed E-state index contributed by atoms with van der Waals surface area (Å²) in [6.45, 7) is 3.06. The Bertz CT molecular complexity index is 945. The van der Waals surface area contributed by atoms with Crippen molar-refractivity contribution in [2.75, 3.05) is 25.6 Å². The third-order valence-corrected chi connectivity index (χ3v) is 5.39. The molecule has 0 spiro atoms. The highest BCUT2D eigenvalue weighted by Gasteiger charge is 2.27. The maximum atomic E-state index is 12.6. The maximum Gasteiger partial charge on any atom is 0.289 e. The van der Waals surface area contributed by atoms with E-state index in [1.54, 1.807) is 7.11 Å². The van der Waals surface area contributed by atoms with E-state index in [0.29, 0.717) is 30.9 Å². The Morgan fingerprint density at radius 3 is 2.67 bits per heavy atom. The predicted molar refractivity (Wildman–Crippen MR) is 134 cm³/mol. The number of carbonyl (C=O) groups excluding carboxylic acids is 1. The number of oxime groups is 1. The highest BCUT2D eigenvalue weighted by Crippen LogP contribution is 2.27. The van der Waals surface area contributed by atoms with Crippen molar-refractivity contribution < 1.29 is 14.7 Å². The number of halogens is 2. The van der Waals surface area contributed by atoms with Gasteiger partial charge in [0.05, 0.1) is 5.52 Å². The van der Waals surface area contributed by atoms with Gasteiger partial charge in [0.15, 0.2) is 0 Å². The molecule has 3 rings (SSSR count). The van der Waals surface area contributed by atoms with Crippen LogP contribution in [-0.2, 0) is 4.74 Å². The number of benzene rings is 1. The molecule has 0 unspecified atom stereocenters.